The van der Waals surface area contributed by atoms with Gasteiger partial charge in [-0.25, -0.2) is 0 Å². The first-order chi connectivity index (χ1) is 12.3. The van der Waals surface area contributed by atoms with Gasteiger partial charge in [0.25, 0.3) is 0 Å². The molecular formula is C18H23N5O2. The number of carbonyl (C=O) groups is 1. The Balaban J connectivity index is 1.31. The topological polar surface area (TPSA) is 75.4 Å². The van der Waals surface area contributed by atoms with Gasteiger partial charge >= 0.3 is 0 Å². The molecule has 0 bridgehead atoms. The first kappa shape index (κ1) is 16.2. The number of rotatable bonds is 4. The van der Waals surface area contributed by atoms with Crippen LogP contribution in [0.1, 0.15) is 31.6 Å². The average molecular weight is 341 g/mol. The van der Waals surface area contributed by atoms with E-state index in [-0.39, 0.29) is 5.91 Å². The fourth-order valence-electron chi connectivity index (χ4n) is 3.71. The molecule has 2 saturated heterocycles. The summed E-state index contributed by atoms with van der Waals surface area (Å²) in [6.45, 7) is 3.88. The van der Waals surface area contributed by atoms with E-state index in [4.69, 9.17) is 4.52 Å². The molecule has 2 aliphatic rings. The normalized spacial score (nSPS) is 21.1. The van der Waals surface area contributed by atoms with E-state index in [9.17, 15) is 4.79 Å². The molecule has 1 amide bonds. The number of carbonyl (C=O) groups excluding carboxylic acids is 1. The van der Waals surface area contributed by atoms with Crippen molar-refractivity contribution in [2.75, 3.05) is 26.2 Å². The SMILES string of the molecule is O=C(CCc1nc(-c2ccccn2)no1)N1CCN2CCCC[C@@H]2C1. The van der Waals surface area contributed by atoms with Crippen molar-refractivity contribution in [3.05, 3.63) is 30.3 Å². The fraction of sp³-hybridized carbons (Fsp3) is 0.556. The Morgan fingerprint density at radius 2 is 2.20 bits per heavy atom. The van der Waals surface area contributed by atoms with Crippen molar-refractivity contribution >= 4 is 5.91 Å². The second-order valence-corrected chi connectivity index (χ2v) is 6.75. The molecule has 0 aliphatic carbocycles. The lowest BCUT2D eigenvalue weighted by molar-refractivity contribution is -0.134. The van der Waals surface area contributed by atoms with Crippen LogP contribution in [0.3, 0.4) is 0 Å². The third-order valence-corrected chi connectivity index (χ3v) is 5.10. The summed E-state index contributed by atoms with van der Waals surface area (Å²) >= 11 is 0. The highest BCUT2D eigenvalue weighted by atomic mass is 16.5. The van der Waals surface area contributed by atoms with Gasteiger partial charge in [-0.1, -0.05) is 17.6 Å². The Kier molecular flexibility index (Phi) is 4.74. The maximum absolute atomic E-state index is 12.5. The molecule has 0 N–H and O–H groups in total. The van der Waals surface area contributed by atoms with Crippen molar-refractivity contribution in [2.45, 2.75) is 38.1 Å². The molecule has 0 spiro atoms. The number of aryl methyl sites for hydroxylation is 1. The number of nitrogens with zero attached hydrogens (tertiary/aromatic N) is 5. The quantitative estimate of drug-likeness (QED) is 0.843. The Labute approximate surface area is 147 Å². The van der Waals surface area contributed by atoms with Crippen LogP contribution in [-0.2, 0) is 11.2 Å². The van der Waals surface area contributed by atoms with E-state index in [0.717, 1.165) is 19.6 Å². The van der Waals surface area contributed by atoms with Crippen LogP contribution in [0.2, 0.25) is 0 Å². The van der Waals surface area contributed by atoms with Crippen LogP contribution in [0.25, 0.3) is 11.5 Å². The second-order valence-electron chi connectivity index (χ2n) is 6.75. The first-order valence-electron chi connectivity index (χ1n) is 9.05. The minimum atomic E-state index is 0.183. The summed E-state index contributed by atoms with van der Waals surface area (Å²) in [7, 11) is 0. The summed E-state index contributed by atoms with van der Waals surface area (Å²) in [4.78, 5) is 25.6. The zero-order chi connectivity index (χ0) is 17.1. The number of aromatic nitrogens is 3. The molecule has 2 fully saturated rings. The van der Waals surface area contributed by atoms with Gasteiger partial charge in [0, 0.05) is 44.7 Å². The molecule has 4 heterocycles. The molecule has 7 heteroatoms. The van der Waals surface area contributed by atoms with Crippen LogP contribution in [0.4, 0.5) is 0 Å². The predicted molar refractivity (Wildman–Crippen MR) is 91.6 cm³/mol. The van der Waals surface area contributed by atoms with Gasteiger partial charge < -0.3 is 9.42 Å². The van der Waals surface area contributed by atoms with Crippen LogP contribution < -0.4 is 0 Å². The molecule has 25 heavy (non-hydrogen) atoms. The Morgan fingerprint density at radius 1 is 1.24 bits per heavy atom. The lowest BCUT2D eigenvalue weighted by atomic mass is 9.99. The highest BCUT2D eigenvalue weighted by molar-refractivity contribution is 5.76. The van der Waals surface area contributed by atoms with Crippen molar-refractivity contribution in [1.29, 1.82) is 0 Å². The van der Waals surface area contributed by atoms with Crippen LogP contribution in [0.5, 0.6) is 0 Å². The zero-order valence-electron chi connectivity index (χ0n) is 14.3. The van der Waals surface area contributed by atoms with Gasteiger partial charge in [0.05, 0.1) is 0 Å². The van der Waals surface area contributed by atoms with E-state index in [1.165, 1.54) is 25.8 Å². The van der Waals surface area contributed by atoms with Crippen molar-refractivity contribution in [3.8, 4) is 11.5 Å². The second kappa shape index (κ2) is 7.31. The smallest absolute Gasteiger partial charge is 0.227 e. The largest absolute Gasteiger partial charge is 0.340 e. The summed E-state index contributed by atoms with van der Waals surface area (Å²) in [6, 6.07) is 6.11. The number of pyridine rings is 1. The van der Waals surface area contributed by atoms with Gasteiger partial charge in [-0.3, -0.25) is 14.7 Å². The fourth-order valence-corrected chi connectivity index (χ4v) is 3.71. The molecule has 2 aromatic heterocycles. The molecule has 1 atom stereocenters. The Bertz CT molecular complexity index is 717. The molecule has 2 aliphatic heterocycles. The summed E-state index contributed by atoms with van der Waals surface area (Å²) in [5, 5.41) is 3.95. The summed E-state index contributed by atoms with van der Waals surface area (Å²) in [5.74, 6) is 1.15. The van der Waals surface area contributed by atoms with Gasteiger partial charge in [-0.2, -0.15) is 4.98 Å². The standard InChI is InChI=1S/C18H23N5O2/c24-17(23-12-11-22-10-4-2-5-14(22)13-23)8-7-16-20-18(21-25-16)15-6-1-3-9-19-15/h1,3,6,9,14H,2,4-5,7-8,10-13H2/t14-/m1/s1. The highest BCUT2D eigenvalue weighted by Gasteiger charge is 2.30. The zero-order valence-corrected chi connectivity index (χ0v) is 14.3. The van der Waals surface area contributed by atoms with E-state index in [2.05, 4.69) is 20.0 Å². The van der Waals surface area contributed by atoms with Crippen LogP contribution in [-0.4, -0.2) is 63.1 Å². The van der Waals surface area contributed by atoms with E-state index < -0.39 is 0 Å². The molecule has 0 unspecified atom stereocenters. The molecule has 7 nitrogen and oxygen atoms in total. The lowest BCUT2D eigenvalue weighted by Gasteiger charge is -2.44. The monoisotopic (exact) mass is 341 g/mol. The van der Waals surface area contributed by atoms with Gasteiger partial charge in [0.2, 0.25) is 17.6 Å². The third kappa shape index (κ3) is 3.71. The van der Waals surface area contributed by atoms with E-state index in [1.807, 2.05) is 23.1 Å². The molecular weight excluding hydrogens is 318 g/mol. The predicted octanol–water partition coefficient (Wildman–Crippen LogP) is 1.76. The number of piperazine rings is 1. The van der Waals surface area contributed by atoms with E-state index in [1.54, 1.807) is 6.20 Å². The highest BCUT2D eigenvalue weighted by Crippen LogP contribution is 2.21. The number of amides is 1. The van der Waals surface area contributed by atoms with Crippen molar-refractivity contribution in [1.82, 2.24) is 24.9 Å². The van der Waals surface area contributed by atoms with Crippen molar-refractivity contribution in [3.63, 3.8) is 0 Å². The van der Waals surface area contributed by atoms with Gasteiger partial charge in [-0.15, -0.1) is 0 Å². The Morgan fingerprint density at radius 3 is 3.08 bits per heavy atom. The lowest BCUT2D eigenvalue weighted by Crippen LogP contribution is -2.56. The summed E-state index contributed by atoms with van der Waals surface area (Å²) < 4.78 is 5.26. The minimum absolute atomic E-state index is 0.183. The minimum Gasteiger partial charge on any atom is -0.340 e. The molecule has 2 aromatic rings. The van der Waals surface area contributed by atoms with E-state index >= 15 is 0 Å². The first-order valence-corrected chi connectivity index (χ1v) is 9.05. The van der Waals surface area contributed by atoms with Gasteiger partial charge in [-0.05, 0) is 31.5 Å². The molecule has 0 radical (unpaired) electrons. The van der Waals surface area contributed by atoms with E-state index in [0.29, 0.717) is 36.3 Å². The molecule has 0 saturated carbocycles. The maximum Gasteiger partial charge on any atom is 0.227 e. The maximum atomic E-state index is 12.5. The summed E-state index contributed by atoms with van der Waals surface area (Å²) in [6.07, 6.45) is 6.36. The number of hydrogen-bond donors (Lipinski definition) is 0. The number of fused-ring (bicyclic) bond motifs is 1. The average Bonchev–Trinajstić information content (AvgIpc) is 3.15. The van der Waals surface area contributed by atoms with Crippen molar-refractivity contribution < 1.29 is 9.32 Å². The van der Waals surface area contributed by atoms with Gasteiger partial charge in [0.15, 0.2) is 0 Å². The summed E-state index contributed by atoms with van der Waals surface area (Å²) in [5.41, 5.74) is 0.678. The number of hydrogen-bond acceptors (Lipinski definition) is 6. The number of piperidine rings is 1. The van der Waals surface area contributed by atoms with Crippen LogP contribution >= 0.6 is 0 Å². The van der Waals surface area contributed by atoms with Crippen LogP contribution in [0.15, 0.2) is 28.9 Å². The molecule has 132 valence electrons. The Hall–Kier alpha value is -2.28. The van der Waals surface area contributed by atoms with Crippen molar-refractivity contribution in [2.24, 2.45) is 0 Å². The molecule has 4 rings (SSSR count). The molecule has 0 aromatic carbocycles. The third-order valence-electron chi connectivity index (χ3n) is 5.10. The van der Waals surface area contributed by atoms with Crippen LogP contribution in [0, 0.1) is 0 Å². The van der Waals surface area contributed by atoms with Gasteiger partial charge in [0.1, 0.15) is 5.69 Å².